The molecule has 7 heavy (non-hydrogen) atoms. The molecule has 0 aromatic carbocycles. The molecule has 0 radical (unpaired) electrons. The van der Waals surface area contributed by atoms with Crippen molar-refractivity contribution in [1.82, 2.24) is 4.89 Å². The highest BCUT2D eigenvalue weighted by atomic mass is 32.2. The van der Waals surface area contributed by atoms with Gasteiger partial charge in [0, 0.05) is 0 Å². The zero-order valence-electron chi connectivity index (χ0n) is 3.55. The molecule has 4 nitrogen and oxygen atoms in total. The third-order valence-corrected chi connectivity index (χ3v) is 1.72. The van der Waals surface area contributed by atoms with Gasteiger partial charge in [0.05, 0.1) is 12.4 Å². The first kappa shape index (κ1) is 5.02. The fraction of sp³-hybridized carbons (Fsp3) is 1.00. The van der Waals surface area contributed by atoms with Crippen LogP contribution in [-0.4, -0.2) is 20.8 Å². The lowest BCUT2D eigenvalue weighted by atomic mass is 10.9. The van der Waals surface area contributed by atoms with E-state index in [9.17, 15) is 8.42 Å². The molecule has 0 bridgehead atoms. The van der Waals surface area contributed by atoms with Gasteiger partial charge in [0.25, 0.3) is 0 Å². The van der Waals surface area contributed by atoms with Crippen LogP contribution in [0.15, 0.2) is 0 Å². The number of hydrogen-bond donors (Lipinski definition) is 1. The van der Waals surface area contributed by atoms with Crippen LogP contribution in [0.1, 0.15) is 0 Å². The van der Waals surface area contributed by atoms with Crippen LogP contribution in [0.5, 0.6) is 0 Å². The van der Waals surface area contributed by atoms with Crippen LogP contribution in [0, 0.1) is 0 Å². The molecule has 0 amide bonds. The minimum Gasteiger partial charge on any atom is -0.286 e. The van der Waals surface area contributed by atoms with Crippen molar-refractivity contribution in [2.45, 2.75) is 0 Å². The summed E-state index contributed by atoms with van der Waals surface area (Å²) in [6.07, 6.45) is 0. The molecule has 42 valence electrons. The summed E-state index contributed by atoms with van der Waals surface area (Å²) in [5, 5.41) is 0. The Morgan fingerprint density at radius 1 is 1.57 bits per heavy atom. The van der Waals surface area contributed by atoms with Crippen LogP contribution in [0.25, 0.3) is 0 Å². The predicted molar refractivity (Wildman–Crippen MR) is 22.9 cm³/mol. The van der Waals surface area contributed by atoms with Gasteiger partial charge in [0.2, 0.25) is 10.0 Å². The summed E-state index contributed by atoms with van der Waals surface area (Å²) in [4.78, 5) is 6.19. The van der Waals surface area contributed by atoms with E-state index in [1.54, 1.807) is 0 Å². The Bertz CT molecular complexity index is 136. The molecule has 0 aromatic heterocycles. The quantitative estimate of drug-likeness (QED) is 0.442. The summed E-state index contributed by atoms with van der Waals surface area (Å²) in [5.74, 6) is 0.0903. The van der Waals surface area contributed by atoms with Crippen LogP contribution >= 0.6 is 0 Å². The van der Waals surface area contributed by atoms with E-state index in [1.807, 2.05) is 4.89 Å². The summed E-state index contributed by atoms with van der Waals surface area (Å²) in [6, 6.07) is 0. The maximum Gasteiger partial charge on any atom is 0.235 e. The standard InChI is InChI=1S/C2H5NO3S/c4-7(5)2-1-6-3-7/h3H,1-2H2. The molecular weight excluding hydrogens is 118 g/mol. The van der Waals surface area contributed by atoms with E-state index in [4.69, 9.17) is 0 Å². The molecule has 1 N–H and O–H groups in total. The minimum absolute atomic E-state index is 0.0903. The van der Waals surface area contributed by atoms with Gasteiger partial charge in [-0.3, -0.25) is 4.84 Å². The molecule has 1 rings (SSSR count). The van der Waals surface area contributed by atoms with E-state index in [-0.39, 0.29) is 12.4 Å². The van der Waals surface area contributed by atoms with Gasteiger partial charge in [-0.2, -0.15) is 0 Å². The normalized spacial score (nSPS) is 28.0. The number of hydrogen-bond acceptors (Lipinski definition) is 3. The third-order valence-electron chi connectivity index (χ3n) is 0.640. The van der Waals surface area contributed by atoms with Crippen molar-refractivity contribution < 1.29 is 13.3 Å². The second-order valence-electron chi connectivity index (χ2n) is 1.25. The first-order valence-corrected chi connectivity index (χ1v) is 3.47. The predicted octanol–water partition coefficient (Wildman–Crippen LogP) is -1.15. The molecule has 1 aliphatic rings. The molecule has 1 saturated heterocycles. The summed E-state index contributed by atoms with van der Waals surface area (Å²) in [5.41, 5.74) is 0. The zero-order valence-corrected chi connectivity index (χ0v) is 4.36. The van der Waals surface area contributed by atoms with Crippen LogP contribution in [0.3, 0.4) is 0 Å². The van der Waals surface area contributed by atoms with Gasteiger partial charge < -0.3 is 0 Å². The van der Waals surface area contributed by atoms with E-state index < -0.39 is 10.0 Å². The second kappa shape index (κ2) is 1.43. The Balaban J connectivity index is 2.76. The van der Waals surface area contributed by atoms with E-state index in [0.29, 0.717) is 0 Å². The maximum atomic E-state index is 10.2. The second-order valence-corrected chi connectivity index (χ2v) is 3.06. The summed E-state index contributed by atoms with van der Waals surface area (Å²) >= 11 is 0. The fourth-order valence-corrected chi connectivity index (χ4v) is 0.973. The Morgan fingerprint density at radius 3 is 2.43 bits per heavy atom. The maximum absolute atomic E-state index is 10.2. The molecule has 1 fully saturated rings. The van der Waals surface area contributed by atoms with Crippen molar-refractivity contribution in [2.75, 3.05) is 12.4 Å². The van der Waals surface area contributed by atoms with Gasteiger partial charge in [0.1, 0.15) is 0 Å². The molecule has 0 unspecified atom stereocenters. The molecule has 0 spiro atoms. The van der Waals surface area contributed by atoms with E-state index >= 15 is 0 Å². The van der Waals surface area contributed by atoms with E-state index in [1.165, 1.54) is 0 Å². The average molecular weight is 123 g/mol. The van der Waals surface area contributed by atoms with E-state index in [0.717, 1.165) is 0 Å². The van der Waals surface area contributed by atoms with Crippen LogP contribution < -0.4 is 4.89 Å². The molecule has 0 saturated carbocycles. The minimum atomic E-state index is -3.02. The van der Waals surface area contributed by atoms with Gasteiger partial charge in [-0.1, -0.05) is 4.89 Å². The topological polar surface area (TPSA) is 55.4 Å². The number of rotatable bonds is 0. The highest BCUT2D eigenvalue weighted by molar-refractivity contribution is 7.89. The molecule has 5 heteroatoms. The first-order chi connectivity index (χ1) is 3.21. The fourth-order valence-electron chi connectivity index (χ4n) is 0.324. The lowest BCUT2D eigenvalue weighted by Crippen LogP contribution is -2.13. The highest BCUT2D eigenvalue weighted by Crippen LogP contribution is 1.91. The molecule has 0 aromatic rings. The number of sulfonamides is 1. The highest BCUT2D eigenvalue weighted by Gasteiger charge is 2.16. The van der Waals surface area contributed by atoms with Gasteiger partial charge in [-0.15, -0.1) is 0 Å². The third kappa shape index (κ3) is 1.12. The lowest BCUT2D eigenvalue weighted by Gasteiger charge is -1.83. The van der Waals surface area contributed by atoms with Gasteiger partial charge in [-0.25, -0.2) is 8.42 Å². The molecule has 0 atom stereocenters. The first-order valence-electron chi connectivity index (χ1n) is 1.82. The Morgan fingerprint density at radius 2 is 2.29 bits per heavy atom. The summed E-state index contributed by atoms with van der Waals surface area (Å²) < 4.78 is 20.4. The smallest absolute Gasteiger partial charge is 0.235 e. The van der Waals surface area contributed by atoms with Crippen molar-refractivity contribution in [3.05, 3.63) is 0 Å². The van der Waals surface area contributed by atoms with Crippen LogP contribution in [0.2, 0.25) is 0 Å². The largest absolute Gasteiger partial charge is 0.286 e. The van der Waals surface area contributed by atoms with E-state index in [2.05, 4.69) is 4.84 Å². The molecular formula is C2H5NO3S. The van der Waals surface area contributed by atoms with Gasteiger partial charge in [-0.05, 0) is 0 Å². The van der Waals surface area contributed by atoms with Crippen molar-refractivity contribution >= 4 is 10.0 Å². The Hall–Kier alpha value is -0.130. The van der Waals surface area contributed by atoms with Crippen LogP contribution in [0.4, 0.5) is 0 Å². The SMILES string of the molecule is O=S1(=O)CCON1. The zero-order chi connectivity index (χ0) is 5.33. The molecule has 0 aliphatic carbocycles. The van der Waals surface area contributed by atoms with Crippen LogP contribution in [-0.2, 0) is 14.9 Å². The van der Waals surface area contributed by atoms with Crippen molar-refractivity contribution in [3.8, 4) is 0 Å². The summed E-state index contributed by atoms with van der Waals surface area (Å²) in [6.45, 7) is 0.266. The van der Waals surface area contributed by atoms with Crippen molar-refractivity contribution in [1.29, 1.82) is 0 Å². The lowest BCUT2D eigenvalue weighted by molar-refractivity contribution is 0.129. The van der Waals surface area contributed by atoms with Crippen molar-refractivity contribution in [2.24, 2.45) is 0 Å². The molecule has 1 heterocycles. The monoisotopic (exact) mass is 123 g/mol. The van der Waals surface area contributed by atoms with Crippen molar-refractivity contribution in [3.63, 3.8) is 0 Å². The van der Waals surface area contributed by atoms with Gasteiger partial charge in [0.15, 0.2) is 0 Å². The molecule has 1 aliphatic heterocycles. The Kier molecular flexibility index (Phi) is 1.02. The number of nitrogens with one attached hydrogen (secondary N) is 1. The Labute approximate surface area is 41.5 Å². The average Bonchev–Trinajstić information content (AvgIpc) is 1.84. The van der Waals surface area contributed by atoms with Gasteiger partial charge >= 0.3 is 0 Å². The summed E-state index contributed by atoms with van der Waals surface area (Å²) in [7, 11) is -3.02.